The van der Waals surface area contributed by atoms with Crippen molar-refractivity contribution < 1.29 is 23.8 Å². The maximum Gasteiger partial charge on any atom is 0.338 e. The third kappa shape index (κ3) is 5.64. The van der Waals surface area contributed by atoms with Crippen LogP contribution in [-0.2, 0) is 14.3 Å². The van der Waals surface area contributed by atoms with E-state index in [0.29, 0.717) is 29.2 Å². The van der Waals surface area contributed by atoms with Crippen molar-refractivity contribution in [1.29, 1.82) is 0 Å². The van der Waals surface area contributed by atoms with Crippen LogP contribution in [0, 0.1) is 6.92 Å². The predicted octanol–water partition coefficient (Wildman–Crippen LogP) is 5.65. The summed E-state index contributed by atoms with van der Waals surface area (Å²) in [6.45, 7) is 9.75. The Morgan fingerprint density at radius 3 is 2.33 bits per heavy atom. The van der Waals surface area contributed by atoms with Crippen LogP contribution in [0.15, 0.2) is 54.7 Å². The molecule has 0 saturated heterocycles. The molecule has 1 heterocycles. The van der Waals surface area contributed by atoms with E-state index in [0.717, 1.165) is 16.7 Å². The highest BCUT2D eigenvalue weighted by molar-refractivity contribution is 5.93. The normalized spacial score (nSPS) is 12.2. The zero-order chi connectivity index (χ0) is 24.2. The van der Waals surface area contributed by atoms with Gasteiger partial charge in [0.25, 0.3) is 0 Å². The molecule has 0 spiro atoms. The van der Waals surface area contributed by atoms with Crippen molar-refractivity contribution in [3.05, 3.63) is 77.1 Å². The first kappa shape index (κ1) is 24.1. The largest absolute Gasteiger partial charge is 0.494 e. The number of ether oxygens (including phenoxy) is 3. The monoisotopic (exact) mass is 449 g/mol. The van der Waals surface area contributed by atoms with Gasteiger partial charge in [0, 0.05) is 17.5 Å². The van der Waals surface area contributed by atoms with Gasteiger partial charge in [0.15, 0.2) is 0 Å². The zero-order valence-corrected chi connectivity index (χ0v) is 20.0. The number of hydrogen-bond donors (Lipinski definition) is 1. The number of carbonyl (C=O) groups excluding carboxylic acids is 2. The number of H-pyrrole nitrogens is 1. The minimum Gasteiger partial charge on any atom is -0.494 e. The maximum absolute atomic E-state index is 13.3. The molecule has 3 aromatic rings. The van der Waals surface area contributed by atoms with Crippen LogP contribution in [0.3, 0.4) is 0 Å². The van der Waals surface area contributed by atoms with Crippen LogP contribution in [0.25, 0.3) is 11.1 Å². The van der Waals surface area contributed by atoms with E-state index < -0.39 is 17.5 Å². The van der Waals surface area contributed by atoms with Gasteiger partial charge in [0.2, 0.25) is 0 Å². The van der Waals surface area contributed by atoms with Crippen LogP contribution in [0.1, 0.15) is 60.8 Å². The minimum atomic E-state index is -0.703. The van der Waals surface area contributed by atoms with Crippen molar-refractivity contribution in [2.45, 2.75) is 46.1 Å². The highest BCUT2D eigenvalue weighted by atomic mass is 16.6. The first-order valence-corrected chi connectivity index (χ1v) is 11.0. The molecule has 0 fully saturated rings. The topological polar surface area (TPSA) is 77.6 Å². The number of aryl methyl sites for hydroxylation is 1. The van der Waals surface area contributed by atoms with Gasteiger partial charge >= 0.3 is 11.9 Å². The van der Waals surface area contributed by atoms with E-state index in [1.54, 1.807) is 12.3 Å². The standard InChI is InChI=1S/C27H31NO5/c1-7-32-23-13-12-19(18-11-10-17(2)20(15-18)25(29)31-6)16-21(23)24(22-9-8-14-28-22)26(30)33-27(3,4)5/h8-16,24,28H,7H2,1-6H3. The molecule has 1 aromatic heterocycles. The zero-order valence-electron chi connectivity index (χ0n) is 20.0. The number of esters is 2. The first-order valence-electron chi connectivity index (χ1n) is 11.0. The molecule has 1 unspecified atom stereocenters. The number of hydrogen-bond acceptors (Lipinski definition) is 5. The Kier molecular flexibility index (Phi) is 7.26. The molecule has 0 aliphatic carbocycles. The van der Waals surface area contributed by atoms with Gasteiger partial charge in [-0.15, -0.1) is 0 Å². The summed E-state index contributed by atoms with van der Waals surface area (Å²) >= 11 is 0. The van der Waals surface area contributed by atoms with Gasteiger partial charge in [0.05, 0.1) is 19.3 Å². The third-order valence-corrected chi connectivity index (χ3v) is 5.17. The lowest BCUT2D eigenvalue weighted by atomic mass is 9.90. The minimum absolute atomic E-state index is 0.373. The molecule has 0 saturated carbocycles. The number of methoxy groups -OCH3 is 1. The lowest BCUT2D eigenvalue weighted by molar-refractivity contribution is -0.155. The molecule has 0 aliphatic heterocycles. The van der Waals surface area contributed by atoms with Gasteiger partial charge in [-0.1, -0.05) is 18.2 Å². The molecule has 6 heteroatoms. The Morgan fingerprint density at radius 1 is 1.03 bits per heavy atom. The maximum atomic E-state index is 13.3. The lowest BCUT2D eigenvalue weighted by Crippen LogP contribution is -2.28. The van der Waals surface area contributed by atoms with E-state index in [2.05, 4.69) is 4.98 Å². The van der Waals surface area contributed by atoms with Crippen LogP contribution in [0.5, 0.6) is 5.75 Å². The van der Waals surface area contributed by atoms with Crippen molar-refractivity contribution in [3.8, 4) is 16.9 Å². The Hall–Kier alpha value is -3.54. The average molecular weight is 450 g/mol. The van der Waals surface area contributed by atoms with E-state index >= 15 is 0 Å². The smallest absolute Gasteiger partial charge is 0.338 e. The van der Waals surface area contributed by atoms with Crippen LogP contribution in [0.4, 0.5) is 0 Å². The number of aromatic amines is 1. The summed E-state index contributed by atoms with van der Waals surface area (Å²) in [6.07, 6.45) is 1.78. The van der Waals surface area contributed by atoms with Crippen molar-refractivity contribution in [2.75, 3.05) is 13.7 Å². The molecule has 174 valence electrons. The van der Waals surface area contributed by atoms with Crippen LogP contribution >= 0.6 is 0 Å². The second kappa shape index (κ2) is 9.94. The van der Waals surface area contributed by atoms with Gasteiger partial charge in [-0.2, -0.15) is 0 Å². The van der Waals surface area contributed by atoms with Crippen molar-refractivity contribution in [3.63, 3.8) is 0 Å². The van der Waals surface area contributed by atoms with Gasteiger partial charge in [-0.25, -0.2) is 4.79 Å². The number of carbonyl (C=O) groups is 2. The van der Waals surface area contributed by atoms with E-state index in [9.17, 15) is 9.59 Å². The lowest BCUT2D eigenvalue weighted by Gasteiger charge is -2.25. The molecular formula is C27H31NO5. The van der Waals surface area contributed by atoms with Crippen LogP contribution < -0.4 is 4.74 Å². The van der Waals surface area contributed by atoms with Crippen LogP contribution in [0.2, 0.25) is 0 Å². The summed E-state index contributed by atoms with van der Waals surface area (Å²) in [5.74, 6) is -0.862. The van der Waals surface area contributed by atoms with Gasteiger partial charge in [0.1, 0.15) is 17.3 Å². The molecule has 1 N–H and O–H groups in total. The first-order chi connectivity index (χ1) is 15.6. The fourth-order valence-corrected chi connectivity index (χ4v) is 3.68. The molecule has 33 heavy (non-hydrogen) atoms. The van der Waals surface area contributed by atoms with Crippen LogP contribution in [-0.4, -0.2) is 36.2 Å². The van der Waals surface area contributed by atoms with E-state index in [1.165, 1.54) is 7.11 Å². The van der Waals surface area contributed by atoms with Gasteiger partial charge in [-0.05, 0) is 81.6 Å². The highest BCUT2D eigenvalue weighted by Crippen LogP contribution is 2.37. The molecule has 0 radical (unpaired) electrons. The molecule has 0 aliphatic rings. The number of rotatable bonds is 7. The summed E-state index contributed by atoms with van der Waals surface area (Å²) < 4.78 is 16.6. The molecule has 2 aromatic carbocycles. The van der Waals surface area contributed by atoms with Gasteiger partial charge < -0.3 is 19.2 Å². The SMILES string of the molecule is CCOc1ccc(-c2ccc(C)c(C(=O)OC)c2)cc1C(C(=O)OC(C)(C)C)c1ccc[nH]1. The second-order valence-electron chi connectivity index (χ2n) is 8.80. The predicted molar refractivity (Wildman–Crippen MR) is 128 cm³/mol. The average Bonchev–Trinajstić information content (AvgIpc) is 3.28. The Morgan fingerprint density at radius 2 is 1.73 bits per heavy atom. The number of nitrogens with one attached hydrogen (secondary N) is 1. The van der Waals surface area contributed by atoms with E-state index in [-0.39, 0.29) is 5.97 Å². The Labute approximate surface area is 194 Å². The number of benzene rings is 2. The van der Waals surface area contributed by atoms with E-state index in [1.807, 2.05) is 77.1 Å². The van der Waals surface area contributed by atoms with Crippen molar-refractivity contribution in [2.24, 2.45) is 0 Å². The summed E-state index contributed by atoms with van der Waals surface area (Å²) in [6, 6.07) is 15.0. The van der Waals surface area contributed by atoms with Gasteiger partial charge in [-0.3, -0.25) is 4.79 Å². The Bertz CT molecular complexity index is 1130. The molecule has 0 bridgehead atoms. The Balaban J connectivity index is 2.16. The molecule has 3 rings (SSSR count). The fraction of sp³-hybridized carbons (Fsp3) is 0.333. The molecule has 1 atom stereocenters. The molecule has 6 nitrogen and oxygen atoms in total. The van der Waals surface area contributed by atoms with E-state index in [4.69, 9.17) is 14.2 Å². The highest BCUT2D eigenvalue weighted by Gasteiger charge is 2.31. The summed E-state index contributed by atoms with van der Waals surface area (Å²) in [7, 11) is 1.37. The fourth-order valence-electron chi connectivity index (χ4n) is 3.68. The third-order valence-electron chi connectivity index (χ3n) is 5.17. The summed E-state index contributed by atoms with van der Waals surface area (Å²) in [5.41, 5.74) is 3.76. The quantitative estimate of drug-likeness (QED) is 0.472. The second-order valence-corrected chi connectivity index (χ2v) is 8.80. The number of aromatic nitrogens is 1. The van der Waals surface area contributed by atoms with Crippen molar-refractivity contribution in [1.82, 2.24) is 4.98 Å². The van der Waals surface area contributed by atoms with Crippen molar-refractivity contribution >= 4 is 11.9 Å². The molecule has 0 amide bonds. The summed E-state index contributed by atoms with van der Waals surface area (Å²) in [4.78, 5) is 28.7. The summed E-state index contributed by atoms with van der Waals surface area (Å²) in [5, 5.41) is 0. The molecular weight excluding hydrogens is 418 g/mol.